The molecule has 3 aromatic carbocycles. The Kier molecular flexibility index (Phi) is 11.9. The van der Waals surface area contributed by atoms with Crippen molar-refractivity contribution in [3.8, 4) is 11.8 Å². The Bertz CT molecular complexity index is 2350. The minimum atomic E-state index is -4.45. The number of carbonyl (C=O) groups excluding carboxylic acids is 4. The van der Waals surface area contributed by atoms with E-state index in [1.807, 2.05) is 42.2 Å². The van der Waals surface area contributed by atoms with Crippen LogP contribution >= 0.6 is 18.9 Å². The number of nitrogens with one attached hydrogen (secondary N) is 2. The second-order valence-electron chi connectivity index (χ2n) is 16.4. The van der Waals surface area contributed by atoms with Crippen LogP contribution in [-0.2, 0) is 23.7 Å². The summed E-state index contributed by atoms with van der Waals surface area (Å²) in [5, 5.41) is 16.4. The summed E-state index contributed by atoms with van der Waals surface area (Å²) in [5.41, 5.74) is 0.541. The van der Waals surface area contributed by atoms with Crippen LogP contribution in [0.25, 0.3) is 10.1 Å². The molecule has 2 unspecified atom stereocenters. The number of ether oxygens (including phenoxy) is 1. The van der Waals surface area contributed by atoms with Gasteiger partial charge in [0, 0.05) is 23.2 Å². The SMILES string of the molecule is CCCOC(=O)[C@H](C)NP(=O)(Oc1ccccc1)C(F)c1ccc2sc(C(=O)N[C@H]3CCC[C@H]4CC[C@@H](C(=O)N5C[C@@H](c6ccccc6)[C@H](C#N)C56CC6)N4C3=O)cc2c1. The second kappa shape index (κ2) is 17.1. The van der Waals surface area contributed by atoms with Gasteiger partial charge in [0.25, 0.3) is 5.91 Å². The Labute approximate surface area is 352 Å². The van der Waals surface area contributed by atoms with Gasteiger partial charge >= 0.3 is 13.5 Å². The normalized spacial score (nSPS) is 25.1. The van der Waals surface area contributed by atoms with E-state index >= 15 is 4.39 Å². The first kappa shape index (κ1) is 41.6. The first-order valence-corrected chi connectivity index (χ1v) is 23.3. The molecular formula is C45H49FN5O7PS. The molecule has 8 atom stereocenters. The molecule has 0 bridgehead atoms. The van der Waals surface area contributed by atoms with Crippen LogP contribution in [0.1, 0.15) is 97.8 Å². The number of para-hydroxylation sites is 1. The van der Waals surface area contributed by atoms with Crippen molar-refractivity contribution in [3.63, 3.8) is 0 Å². The number of halogens is 1. The molecule has 3 aliphatic heterocycles. The van der Waals surface area contributed by atoms with Gasteiger partial charge in [-0.25, -0.2) is 9.48 Å². The van der Waals surface area contributed by atoms with Crippen molar-refractivity contribution < 1.29 is 37.4 Å². The topological polar surface area (TPSA) is 158 Å². The second-order valence-corrected chi connectivity index (χ2v) is 19.6. The van der Waals surface area contributed by atoms with Crippen LogP contribution in [0.5, 0.6) is 5.75 Å². The van der Waals surface area contributed by atoms with Crippen molar-refractivity contribution in [1.29, 1.82) is 5.26 Å². The summed E-state index contributed by atoms with van der Waals surface area (Å²) in [4.78, 5) is 59.3. The number of fused-ring (bicyclic) bond motifs is 2. The molecule has 1 saturated carbocycles. The number of amides is 3. The molecular weight excluding hydrogens is 805 g/mol. The molecule has 60 heavy (non-hydrogen) atoms. The van der Waals surface area contributed by atoms with Gasteiger partial charge in [-0.05, 0) is 105 Å². The number of nitriles is 1. The number of hydrogen-bond acceptors (Lipinski definition) is 9. The smallest absolute Gasteiger partial charge is 0.355 e. The van der Waals surface area contributed by atoms with E-state index in [1.54, 1.807) is 35.2 Å². The number of thiophene rings is 1. The molecule has 314 valence electrons. The zero-order valence-electron chi connectivity index (χ0n) is 33.6. The lowest BCUT2D eigenvalue weighted by Gasteiger charge is -2.35. The predicted molar refractivity (Wildman–Crippen MR) is 225 cm³/mol. The summed E-state index contributed by atoms with van der Waals surface area (Å²) in [5.74, 6) is -4.02. The fourth-order valence-electron chi connectivity index (χ4n) is 9.34. The number of carbonyl (C=O) groups is 4. The number of benzene rings is 3. The predicted octanol–water partition coefficient (Wildman–Crippen LogP) is 8.01. The van der Waals surface area contributed by atoms with Crippen LogP contribution in [0, 0.1) is 17.2 Å². The summed E-state index contributed by atoms with van der Waals surface area (Å²) in [7, 11) is -4.45. The number of nitrogens with zero attached hydrogens (tertiary/aromatic N) is 3. The maximum absolute atomic E-state index is 16.5. The molecule has 4 aliphatic rings. The maximum Gasteiger partial charge on any atom is 0.355 e. The molecule has 1 spiro atoms. The largest absolute Gasteiger partial charge is 0.465 e. The van der Waals surface area contributed by atoms with E-state index in [-0.39, 0.29) is 47.6 Å². The summed E-state index contributed by atoms with van der Waals surface area (Å²) in [6.07, 6.45) is 5.18. The molecule has 0 radical (unpaired) electrons. The summed E-state index contributed by atoms with van der Waals surface area (Å²) in [6.45, 7) is 3.86. The quantitative estimate of drug-likeness (QED) is 0.100. The third-order valence-electron chi connectivity index (χ3n) is 12.5. The van der Waals surface area contributed by atoms with E-state index in [1.165, 1.54) is 42.5 Å². The van der Waals surface area contributed by atoms with Crippen LogP contribution in [-0.4, -0.2) is 76.3 Å². The molecule has 8 rings (SSSR count). The Morgan fingerprint density at radius 2 is 1.75 bits per heavy atom. The third kappa shape index (κ3) is 7.95. The highest BCUT2D eigenvalue weighted by Crippen LogP contribution is 2.59. The molecule has 4 fully saturated rings. The van der Waals surface area contributed by atoms with E-state index in [0.717, 1.165) is 24.8 Å². The molecule has 3 saturated heterocycles. The molecule has 15 heteroatoms. The van der Waals surface area contributed by atoms with Gasteiger partial charge in [-0.15, -0.1) is 11.3 Å². The lowest BCUT2D eigenvalue weighted by atomic mass is 9.85. The number of alkyl halides is 1. The van der Waals surface area contributed by atoms with Crippen LogP contribution in [0.4, 0.5) is 4.39 Å². The number of hydrogen-bond donors (Lipinski definition) is 2. The molecule has 1 aromatic heterocycles. The zero-order chi connectivity index (χ0) is 42.2. The molecule has 4 aromatic rings. The Morgan fingerprint density at radius 3 is 2.45 bits per heavy atom. The third-order valence-corrected chi connectivity index (χ3v) is 15.7. The highest BCUT2D eigenvalue weighted by molar-refractivity contribution is 7.57. The van der Waals surface area contributed by atoms with Gasteiger partial charge in [0.1, 0.15) is 23.9 Å². The van der Waals surface area contributed by atoms with Crippen molar-refractivity contribution in [2.24, 2.45) is 5.92 Å². The van der Waals surface area contributed by atoms with Gasteiger partial charge in [-0.1, -0.05) is 61.5 Å². The van der Waals surface area contributed by atoms with E-state index in [0.29, 0.717) is 53.6 Å². The highest BCUT2D eigenvalue weighted by Gasteiger charge is 2.64. The van der Waals surface area contributed by atoms with E-state index in [9.17, 15) is 29.0 Å². The van der Waals surface area contributed by atoms with Crippen molar-refractivity contribution in [1.82, 2.24) is 20.2 Å². The van der Waals surface area contributed by atoms with Gasteiger partial charge in [0.2, 0.25) is 17.7 Å². The van der Waals surface area contributed by atoms with Crippen LogP contribution in [0.15, 0.2) is 84.9 Å². The van der Waals surface area contributed by atoms with Gasteiger partial charge in [0.05, 0.1) is 29.0 Å². The fourth-order valence-corrected chi connectivity index (χ4v) is 12.2. The minimum absolute atomic E-state index is 0.0186. The van der Waals surface area contributed by atoms with Crippen molar-refractivity contribution in [2.45, 2.75) is 107 Å². The summed E-state index contributed by atoms with van der Waals surface area (Å²) < 4.78 is 42.5. The van der Waals surface area contributed by atoms with Crippen LogP contribution in [0.2, 0.25) is 0 Å². The van der Waals surface area contributed by atoms with Crippen molar-refractivity contribution >= 4 is 52.6 Å². The van der Waals surface area contributed by atoms with Gasteiger partial charge in [-0.3, -0.25) is 23.7 Å². The molecule has 2 N–H and O–H groups in total. The summed E-state index contributed by atoms with van der Waals surface area (Å²) in [6, 6.07) is 24.0. The van der Waals surface area contributed by atoms with Gasteiger partial charge in [-0.2, -0.15) is 5.26 Å². The van der Waals surface area contributed by atoms with Crippen molar-refractivity contribution in [3.05, 3.63) is 101 Å². The standard InChI is InChI=1S/C45H49FN5O7PS/c1-3-23-57-44(55)28(2)49-59(56,58-33-14-8-5-9-15-33)40(46)30-17-20-38-31(24-30)25-39(60-38)41(52)48-36-16-10-13-32-18-19-37(51(32)42(36)53)43(54)50-27-34(29-11-6-4-7-12-29)35(26-47)45(50)21-22-45/h4-9,11-12,14-15,17,20,24-25,28,32,34-37,40H,3,10,13,16,18-19,21-23,27H2,1-2H3,(H,48,52)(H,49,56)/t28-,32-,34-,35-,36-,37-,40?,59?/m0/s1. The fraction of sp³-hybridized carbons (Fsp3) is 0.444. The lowest BCUT2D eigenvalue weighted by molar-refractivity contribution is -0.147. The highest BCUT2D eigenvalue weighted by atomic mass is 32.1. The van der Waals surface area contributed by atoms with E-state index in [4.69, 9.17) is 9.26 Å². The molecule has 1 aliphatic carbocycles. The monoisotopic (exact) mass is 853 g/mol. The number of esters is 1. The first-order valence-electron chi connectivity index (χ1n) is 20.8. The van der Waals surface area contributed by atoms with E-state index in [2.05, 4.69) is 16.5 Å². The van der Waals surface area contributed by atoms with Gasteiger partial charge in [0.15, 0.2) is 0 Å². The van der Waals surface area contributed by atoms with Crippen LogP contribution in [0.3, 0.4) is 0 Å². The first-order chi connectivity index (χ1) is 29.0. The number of rotatable bonds is 13. The average molecular weight is 854 g/mol. The maximum atomic E-state index is 16.5. The summed E-state index contributed by atoms with van der Waals surface area (Å²) >= 11 is 1.18. The van der Waals surface area contributed by atoms with E-state index < -0.39 is 49.0 Å². The minimum Gasteiger partial charge on any atom is -0.465 e. The lowest BCUT2D eigenvalue weighted by Crippen LogP contribution is -2.56. The van der Waals surface area contributed by atoms with Crippen molar-refractivity contribution in [2.75, 3.05) is 13.2 Å². The Morgan fingerprint density at radius 1 is 1.02 bits per heavy atom. The molecule has 12 nitrogen and oxygen atoms in total. The average Bonchev–Trinajstić information content (AvgIpc) is 3.62. The molecule has 3 amide bonds. The molecule has 4 heterocycles. The Hall–Kier alpha value is -5.09. The van der Waals surface area contributed by atoms with Crippen LogP contribution < -0.4 is 14.9 Å². The number of likely N-dealkylation sites (tertiary alicyclic amines) is 1. The van der Waals surface area contributed by atoms with Gasteiger partial charge < -0.3 is 24.4 Å². The zero-order valence-corrected chi connectivity index (χ0v) is 35.3. The Balaban J connectivity index is 0.980.